The number of anilines is 2. The highest BCUT2D eigenvalue weighted by atomic mass is 16.5. The number of nitrogens with zero attached hydrogens (tertiary/aromatic N) is 2. The van der Waals surface area contributed by atoms with Gasteiger partial charge in [0.1, 0.15) is 11.6 Å². The van der Waals surface area contributed by atoms with Gasteiger partial charge in [0.2, 0.25) is 5.91 Å². The molecule has 1 aromatic heterocycles. The van der Waals surface area contributed by atoms with Crippen LogP contribution in [0.2, 0.25) is 0 Å². The number of benzene rings is 1. The van der Waals surface area contributed by atoms with Crippen molar-refractivity contribution in [2.45, 2.75) is 13.8 Å². The standard InChI is InChI=1S/C15H20N4O2/c1-10-5-6-13(21-4)12(7-10)16-9-15(20)17-14-8-11(2)18-19(14)3/h5-8,16H,9H2,1-4H3,(H,17,20). The Balaban J connectivity index is 1.98. The number of ether oxygens (including phenoxy) is 1. The van der Waals surface area contributed by atoms with Crippen molar-refractivity contribution in [3.05, 3.63) is 35.5 Å². The monoisotopic (exact) mass is 288 g/mol. The van der Waals surface area contributed by atoms with E-state index in [0.29, 0.717) is 11.6 Å². The lowest BCUT2D eigenvalue weighted by atomic mass is 10.2. The zero-order valence-corrected chi connectivity index (χ0v) is 12.7. The number of aromatic nitrogens is 2. The van der Waals surface area contributed by atoms with E-state index in [1.807, 2.05) is 38.1 Å². The van der Waals surface area contributed by atoms with Crippen LogP contribution in [0.1, 0.15) is 11.3 Å². The molecule has 0 bridgehead atoms. The third-order valence-electron chi connectivity index (χ3n) is 3.06. The van der Waals surface area contributed by atoms with Gasteiger partial charge in [-0.15, -0.1) is 0 Å². The van der Waals surface area contributed by atoms with Gasteiger partial charge in [-0.25, -0.2) is 0 Å². The third-order valence-corrected chi connectivity index (χ3v) is 3.06. The highest BCUT2D eigenvalue weighted by molar-refractivity contribution is 5.93. The van der Waals surface area contributed by atoms with E-state index >= 15 is 0 Å². The average molecular weight is 288 g/mol. The van der Waals surface area contributed by atoms with Crippen molar-refractivity contribution in [2.75, 3.05) is 24.3 Å². The maximum absolute atomic E-state index is 12.0. The fourth-order valence-electron chi connectivity index (χ4n) is 2.05. The van der Waals surface area contributed by atoms with Crippen molar-refractivity contribution in [1.29, 1.82) is 0 Å². The molecule has 0 radical (unpaired) electrons. The summed E-state index contributed by atoms with van der Waals surface area (Å²) in [6.07, 6.45) is 0. The fourth-order valence-corrected chi connectivity index (χ4v) is 2.05. The second kappa shape index (κ2) is 6.30. The van der Waals surface area contributed by atoms with E-state index in [0.717, 1.165) is 16.9 Å². The molecule has 1 heterocycles. The molecule has 6 nitrogen and oxygen atoms in total. The molecule has 0 aliphatic rings. The maximum Gasteiger partial charge on any atom is 0.244 e. The molecule has 0 unspecified atom stereocenters. The van der Waals surface area contributed by atoms with Crippen molar-refractivity contribution >= 4 is 17.4 Å². The van der Waals surface area contributed by atoms with E-state index < -0.39 is 0 Å². The van der Waals surface area contributed by atoms with Crippen molar-refractivity contribution in [3.8, 4) is 5.75 Å². The van der Waals surface area contributed by atoms with Gasteiger partial charge in [-0.2, -0.15) is 5.10 Å². The van der Waals surface area contributed by atoms with E-state index in [-0.39, 0.29) is 12.5 Å². The molecule has 0 spiro atoms. The summed E-state index contributed by atoms with van der Waals surface area (Å²) in [5.74, 6) is 1.25. The number of rotatable bonds is 5. The molecule has 0 aliphatic heterocycles. The second-order valence-electron chi connectivity index (χ2n) is 4.90. The Morgan fingerprint density at radius 3 is 2.71 bits per heavy atom. The van der Waals surface area contributed by atoms with Crippen LogP contribution in [0.3, 0.4) is 0 Å². The summed E-state index contributed by atoms with van der Waals surface area (Å²) in [5, 5.41) is 10.1. The van der Waals surface area contributed by atoms with Crippen molar-refractivity contribution in [3.63, 3.8) is 0 Å². The fraction of sp³-hybridized carbons (Fsp3) is 0.333. The van der Waals surface area contributed by atoms with Gasteiger partial charge < -0.3 is 15.4 Å². The number of carbonyl (C=O) groups is 1. The second-order valence-corrected chi connectivity index (χ2v) is 4.90. The number of aryl methyl sites for hydroxylation is 3. The normalized spacial score (nSPS) is 10.3. The molecule has 21 heavy (non-hydrogen) atoms. The van der Waals surface area contributed by atoms with Gasteiger partial charge in [0.25, 0.3) is 0 Å². The lowest BCUT2D eigenvalue weighted by Crippen LogP contribution is -2.23. The highest BCUT2D eigenvalue weighted by Gasteiger charge is 2.08. The van der Waals surface area contributed by atoms with Crippen molar-refractivity contribution in [1.82, 2.24) is 9.78 Å². The SMILES string of the molecule is COc1ccc(C)cc1NCC(=O)Nc1cc(C)nn1C. The minimum absolute atomic E-state index is 0.137. The molecule has 0 saturated heterocycles. The van der Waals surface area contributed by atoms with Gasteiger partial charge in [-0.05, 0) is 31.5 Å². The average Bonchev–Trinajstić information content (AvgIpc) is 2.74. The molecule has 0 atom stereocenters. The van der Waals surface area contributed by atoms with Crippen molar-refractivity contribution < 1.29 is 9.53 Å². The quantitative estimate of drug-likeness (QED) is 0.884. The van der Waals surface area contributed by atoms with Crippen LogP contribution in [0.25, 0.3) is 0 Å². The minimum Gasteiger partial charge on any atom is -0.495 e. The van der Waals surface area contributed by atoms with Gasteiger partial charge in [0, 0.05) is 13.1 Å². The number of methoxy groups -OCH3 is 1. The first-order chi connectivity index (χ1) is 9.99. The first-order valence-electron chi connectivity index (χ1n) is 6.68. The van der Waals surface area contributed by atoms with Gasteiger partial charge in [-0.3, -0.25) is 9.48 Å². The Bertz CT molecular complexity index is 649. The molecule has 1 amide bonds. The van der Waals surface area contributed by atoms with Crippen LogP contribution < -0.4 is 15.4 Å². The molecule has 0 saturated carbocycles. The molecule has 2 aromatic rings. The van der Waals surface area contributed by atoms with Crippen LogP contribution in [-0.2, 0) is 11.8 Å². The third kappa shape index (κ3) is 3.75. The zero-order chi connectivity index (χ0) is 15.4. The number of nitrogens with one attached hydrogen (secondary N) is 2. The molecule has 2 N–H and O–H groups in total. The van der Waals surface area contributed by atoms with Gasteiger partial charge >= 0.3 is 0 Å². The Kier molecular flexibility index (Phi) is 4.47. The number of carbonyl (C=O) groups excluding carboxylic acids is 1. The molecular weight excluding hydrogens is 268 g/mol. The summed E-state index contributed by atoms with van der Waals surface area (Å²) < 4.78 is 6.90. The van der Waals surface area contributed by atoms with Crippen LogP contribution in [0, 0.1) is 13.8 Å². The van der Waals surface area contributed by atoms with Crippen LogP contribution in [0.5, 0.6) is 5.75 Å². The van der Waals surface area contributed by atoms with Crippen LogP contribution in [0.4, 0.5) is 11.5 Å². The minimum atomic E-state index is -0.137. The summed E-state index contributed by atoms with van der Waals surface area (Å²) in [7, 11) is 3.40. The van der Waals surface area contributed by atoms with Crippen LogP contribution in [-0.4, -0.2) is 29.3 Å². The Labute approximate surface area is 124 Å². The largest absolute Gasteiger partial charge is 0.495 e. The van der Waals surface area contributed by atoms with Crippen LogP contribution in [0.15, 0.2) is 24.3 Å². The van der Waals surface area contributed by atoms with Crippen molar-refractivity contribution in [2.24, 2.45) is 7.05 Å². The molecule has 1 aromatic carbocycles. The summed E-state index contributed by atoms with van der Waals surface area (Å²) >= 11 is 0. The predicted octanol–water partition coefficient (Wildman–Crippen LogP) is 2.10. The summed E-state index contributed by atoms with van der Waals surface area (Å²) in [5.41, 5.74) is 2.76. The molecule has 2 rings (SSSR count). The number of hydrogen-bond acceptors (Lipinski definition) is 4. The van der Waals surface area contributed by atoms with E-state index in [2.05, 4.69) is 15.7 Å². The Hall–Kier alpha value is -2.50. The highest BCUT2D eigenvalue weighted by Crippen LogP contribution is 2.24. The molecule has 112 valence electrons. The lowest BCUT2D eigenvalue weighted by Gasteiger charge is -2.12. The Morgan fingerprint density at radius 1 is 1.33 bits per heavy atom. The topological polar surface area (TPSA) is 68.2 Å². The van der Waals surface area contributed by atoms with E-state index in [9.17, 15) is 4.79 Å². The molecule has 0 aliphatic carbocycles. The number of amides is 1. The first-order valence-corrected chi connectivity index (χ1v) is 6.68. The molecule has 0 fully saturated rings. The predicted molar refractivity (Wildman–Crippen MR) is 82.8 cm³/mol. The van der Waals surface area contributed by atoms with E-state index in [1.165, 1.54) is 0 Å². The summed E-state index contributed by atoms with van der Waals surface area (Å²) in [6, 6.07) is 7.61. The van der Waals surface area contributed by atoms with E-state index in [4.69, 9.17) is 4.74 Å². The zero-order valence-electron chi connectivity index (χ0n) is 12.7. The smallest absolute Gasteiger partial charge is 0.244 e. The Morgan fingerprint density at radius 2 is 2.10 bits per heavy atom. The van der Waals surface area contributed by atoms with Gasteiger partial charge in [-0.1, -0.05) is 6.07 Å². The maximum atomic E-state index is 12.0. The van der Waals surface area contributed by atoms with Crippen LogP contribution >= 0.6 is 0 Å². The molecule has 6 heteroatoms. The van der Waals surface area contributed by atoms with Gasteiger partial charge in [0.05, 0.1) is 25.0 Å². The van der Waals surface area contributed by atoms with E-state index in [1.54, 1.807) is 18.8 Å². The summed E-state index contributed by atoms with van der Waals surface area (Å²) in [4.78, 5) is 12.0. The first kappa shape index (κ1) is 14.9. The summed E-state index contributed by atoms with van der Waals surface area (Å²) in [6.45, 7) is 4.03. The lowest BCUT2D eigenvalue weighted by molar-refractivity contribution is -0.114. The molecular formula is C15H20N4O2. The number of hydrogen-bond donors (Lipinski definition) is 2. The van der Waals surface area contributed by atoms with Gasteiger partial charge in [0.15, 0.2) is 0 Å².